The van der Waals surface area contributed by atoms with Crippen LogP contribution in [0.5, 0.6) is 17.2 Å². The van der Waals surface area contributed by atoms with E-state index in [0.29, 0.717) is 43.7 Å². The van der Waals surface area contributed by atoms with Gasteiger partial charge in [-0.05, 0) is 48.9 Å². The average molecular weight is 477 g/mol. The van der Waals surface area contributed by atoms with E-state index >= 15 is 0 Å². The molecule has 3 rings (SSSR count). The fourth-order valence-electron chi connectivity index (χ4n) is 4.16. The summed E-state index contributed by atoms with van der Waals surface area (Å²) < 4.78 is 25.8. The highest BCUT2D eigenvalue weighted by atomic mass is 16.5. The third-order valence-corrected chi connectivity index (χ3v) is 5.70. The van der Waals surface area contributed by atoms with E-state index in [1.807, 2.05) is 18.2 Å². The summed E-state index contributed by atoms with van der Waals surface area (Å²) in [5.41, 5.74) is 2.15. The van der Waals surface area contributed by atoms with Crippen molar-refractivity contribution < 1.29 is 18.9 Å². The first kappa shape index (κ1) is 26.6. The molecule has 0 aliphatic rings. The summed E-state index contributed by atoms with van der Waals surface area (Å²) in [5, 5.41) is 0. The Hall–Kier alpha value is -2.98. The van der Waals surface area contributed by atoms with Gasteiger partial charge in [-0.2, -0.15) is 0 Å². The van der Waals surface area contributed by atoms with Gasteiger partial charge in [0.25, 0.3) is 0 Å². The highest BCUT2D eigenvalue weighted by Crippen LogP contribution is 2.50. The molecule has 35 heavy (non-hydrogen) atoms. The molecule has 0 aliphatic carbocycles. The SMILES string of the molecule is CCCOc1ccc(C(OCCC)(c2ccccc2)c2ccccc2)c(OCCC)c1OCCC. The summed E-state index contributed by atoms with van der Waals surface area (Å²) in [5.74, 6) is 2.06. The smallest absolute Gasteiger partial charge is 0.204 e. The molecule has 188 valence electrons. The Kier molecular flexibility index (Phi) is 10.5. The van der Waals surface area contributed by atoms with Gasteiger partial charge in [0.05, 0.1) is 19.8 Å². The van der Waals surface area contributed by atoms with E-state index < -0.39 is 5.60 Å². The topological polar surface area (TPSA) is 36.9 Å². The summed E-state index contributed by atoms with van der Waals surface area (Å²) in [6, 6.07) is 24.9. The first-order chi connectivity index (χ1) is 17.2. The van der Waals surface area contributed by atoms with Crippen LogP contribution in [0.1, 0.15) is 70.1 Å². The highest BCUT2D eigenvalue weighted by Gasteiger charge is 2.41. The molecule has 0 fully saturated rings. The normalized spacial score (nSPS) is 11.3. The standard InChI is InChI=1S/C31H40O4/c1-5-21-32-28-20-19-27(29(33-22-6-2)30(28)34-23-7-3)31(35-24-8-4,25-15-11-9-12-16-25)26-17-13-10-14-18-26/h9-20H,5-8,21-24H2,1-4H3. The van der Waals surface area contributed by atoms with Gasteiger partial charge in [0, 0.05) is 12.2 Å². The van der Waals surface area contributed by atoms with Crippen molar-refractivity contribution in [3.05, 3.63) is 89.5 Å². The van der Waals surface area contributed by atoms with E-state index in [0.717, 1.165) is 42.4 Å². The van der Waals surface area contributed by atoms with E-state index in [2.05, 4.69) is 82.3 Å². The molecule has 0 saturated heterocycles. The second-order valence-electron chi connectivity index (χ2n) is 8.58. The summed E-state index contributed by atoms with van der Waals surface area (Å²) in [6.07, 6.45) is 3.58. The monoisotopic (exact) mass is 476 g/mol. The number of benzene rings is 3. The minimum Gasteiger partial charge on any atom is -0.490 e. The zero-order valence-corrected chi connectivity index (χ0v) is 21.7. The van der Waals surface area contributed by atoms with E-state index in [1.165, 1.54) is 0 Å². The molecule has 3 aromatic rings. The van der Waals surface area contributed by atoms with Gasteiger partial charge in [-0.15, -0.1) is 0 Å². The Morgan fingerprint density at radius 3 is 1.51 bits per heavy atom. The molecular weight excluding hydrogens is 436 g/mol. The number of hydrogen-bond acceptors (Lipinski definition) is 4. The lowest BCUT2D eigenvalue weighted by Gasteiger charge is -2.37. The molecule has 4 heteroatoms. The molecule has 0 unspecified atom stereocenters. The lowest BCUT2D eigenvalue weighted by atomic mass is 9.79. The zero-order chi connectivity index (χ0) is 24.9. The largest absolute Gasteiger partial charge is 0.490 e. The lowest BCUT2D eigenvalue weighted by Crippen LogP contribution is -2.34. The van der Waals surface area contributed by atoms with Gasteiger partial charge < -0.3 is 18.9 Å². The van der Waals surface area contributed by atoms with Crippen molar-refractivity contribution in [2.75, 3.05) is 26.4 Å². The molecule has 0 heterocycles. The molecule has 0 N–H and O–H groups in total. The lowest BCUT2D eigenvalue weighted by molar-refractivity contribution is 0.0109. The third kappa shape index (κ3) is 6.18. The van der Waals surface area contributed by atoms with Crippen molar-refractivity contribution in [1.82, 2.24) is 0 Å². The second-order valence-corrected chi connectivity index (χ2v) is 8.58. The van der Waals surface area contributed by atoms with Crippen molar-refractivity contribution in [2.45, 2.75) is 59.0 Å². The molecule has 0 aliphatic heterocycles. The van der Waals surface area contributed by atoms with E-state index in [4.69, 9.17) is 18.9 Å². The van der Waals surface area contributed by atoms with Crippen LogP contribution in [0, 0.1) is 0 Å². The van der Waals surface area contributed by atoms with Crippen LogP contribution in [0.3, 0.4) is 0 Å². The van der Waals surface area contributed by atoms with Gasteiger partial charge in [-0.3, -0.25) is 0 Å². The molecule has 0 bridgehead atoms. The van der Waals surface area contributed by atoms with Crippen LogP contribution in [0.25, 0.3) is 0 Å². The molecular formula is C31H40O4. The van der Waals surface area contributed by atoms with Gasteiger partial charge in [-0.1, -0.05) is 88.4 Å². The molecule has 0 aromatic heterocycles. The van der Waals surface area contributed by atoms with E-state index in [-0.39, 0.29) is 0 Å². The molecule has 0 amide bonds. The highest BCUT2D eigenvalue weighted by molar-refractivity contribution is 5.62. The van der Waals surface area contributed by atoms with Crippen LogP contribution < -0.4 is 14.2 Å². The maximum Gasteiger partial charge on any atom is 0.204 e. The minimum atomic E-state index is -0.866. The first-order valence-corrected chi connectivity index (χ1v) is 13.0. The van der Waals surface area contributed by atoms with Crippen LogP contribution in [0.4, 0.5) is 0 Å². The Morgan fingerprint density at radius 1 is 0.514 bits per heavy atom. The summed E-state index contributed by atoms with van der Waals surface area (Å²) in [7, 11) is 0. The van der Waals surface area contributed by atoms with Crippen molar-refractivity contribution in [2.24, 2.45) is 0 Å². The predicted octanol–water partition coefficient (Wildman–Crippen LogP) is 7.77. The van der Waals surface area contributed by atoms with Gasteiger partial charge >= 0.3 is 0 Å². The van der Waals surface area contributed by atoms with Crippen LogP contribution in [0.2, 0.25) is 0 Å². The van der Waals surface area contributed by atoms with Crippen LogP contribution >= 0.6 is 0 Å². The van der Waals surface area contributed by atoms with Crippen LogP contribution in [-0.2, 0) is 10.3 Å². The molecule has 0 spiro atoms. The Labute approximate surface area is 211 Å². The van der Waals surface area contributed by atoms with Gasteiger partial charge in [0.15, 0.2) is 11.5 Å². The van der Waals surface area contributed by atoms with Gasteiger partial charge in [-0.25, -0.2) is 0 Å². The van der Waals surface area contributed by atoms with Crippen molar-refractivity contribution in [3.63, 3.8) is 0 Å². The molecule has 4 nitrogen and oxygen atoms in total. The van der Waals surface area contributed by atoms with E-state index in [1.54, 1.807) is 0 Å². The van der Waals surface area contributed by atoms with Gasteiger partial charge in [0.1, 0.15) is 5.60 Å². The second kappa shape index (κ2) is 13.8. The number of hydrogen-bond donors (Lipinski definition) is 0. The summed E-state index contributed by atoms with van der Waals surface area (Å²) >= 11 is 0. The van der Waals surface area contributed by atoms with Crippen molar-refractivity contribution in [3.8, 4) is 17.2 Å². The molecule has 0 radical (unpaired) electrons. The summed E-state index contributed by atoms with van der Waals surface area (Å²) in [6.45, 7) is 10.8. The zero-order valence-electron chi connectivity index (χ0n) is 21.7. The predicted molar refractivity (Wildman–Crippen MR) is 143 cm³/mol. The quantitative estimate of drug-likeness (QED) is 0.210. The van der Waals surface area contributed by atoms with E-state index in [9.17, 15) is 0 Å². The van der Waals surface area contributed by atoms with Crippen molar-refractivity contribution in [1.29, 1.82) is 0 Å². The maximum atomic E-state index is 6.86. The molecule has 0 saturated carbocycles. The number of rotatable bonds is 15. The fraction of sp³-hybridized carbons (Fsp3) is 0.419. The number of ether oxygens (including phenoxy) is 4. The maximum absolute atomic E-state index is 6.86. The third-order valence-electron chi connectivity index (χ3n) is 5.70. The molecule has 0 atom stereocenters. The Morgan fingerprint density at radius 2 is 1.00 bits per heavy atom. The average Bonchev–Trinajstić information content (AvgIpc) is 2.91. The minimum absolute atomic E-state index is 0.570. The van der Waals surface area contributed by atoms with Gasteiger partial charge in [0.2, 0.25) is 5.75 Å². The first-order valence-electron chi connectivity index (χ1n) is 13.0. The van der Waals surface area contributed by atoms with Crippen LogP contribution in [-0.4, -0.2) is 26.4 Å². The Bertz CT molecular complexity index is 962. The van der Waals surface area contributed by atoms with Crippen molar-refractivity contribution >= 4 is 0 Å². The van der Waals surface area contributed by atoms with Crippen LogP contribution in [0.15, 0.2) is 72.8 Å². The summed E-state index contributed by atoms with van der Waals surface area (Å²) in [4.78, 5) is 0. The Balaban J connectivity index is 2.36. The fourth-order valence-corrected chi connectivity index (χ4v) is 4.16. The molecule has 3 aromatic carbocycles.